The molecule has 1 aromatic rings. The van der Waals surface area contributed by atoms with E-state index < -0.39 is 0 Å². The molecular weight excluding hydrogens is 238 g/mol. The lowest BCUT2D eigenvalue weighted by atomic mass is 9.85. The average Bonchev–Trinajstić information content (AvgIpc) is 2.25. The van der Waals surface area contributed by atoms with E-state index in [4.69, 9.17) is 5.73 Å². The maximum Gasteiger partial charge on any atom is 0.132 e. The summed E-state index contributed by atoms with van der Waals surface area (Å²) in [5.74, 6) is 3.31. The highest BCUT2D eigenvalue weighted by Gasteiger charge is 2.18. The van der Waals surface area contributed by atoms with Gasteiger partial charge in [0.1, 0.15) is 17.5 Å². The number of aryl methyl sites for hydroxylation is 1. The van der Waals surface area contributed by atoms with E-state index in [0.717, 1.165) is 29.9 Å². The molecule has 1 aromatic heterocycles. The van der Waals surface area contributed by atoms with Crippen molar-refractivity contribution in [2.75, 3.05) is 23.7 Å². The monoisotopic (exact) mass is 263 g/mol. The van der Waals surface area contributed by atoms with Crippen molar-refractivity contribution in [1.82, 2.24) is 9.97 Å². The Bertz CT molecular complexity index is 426. The second-order valence-corrected chi connectivity index (χ2v) is 6.08. The molecule has 1 saturated carbocycles. The Morgan fingerprint density at radius 1 is 1.32 bits per heavy atom. The van der Waals surface area contributed by atoms with Crippen molar-refractivity contribution in [1.29, 1.82) is 0 Å². The molecule has 0 spiro atoms. The minimum atomic E-state index is -0.161. The van der Waals surface area contributed by atoms with Gasteiger partial charge in [-0.1, -0.05) is 6.42 Å². The van der Waals surface area contributed by atoms with Crippen LogP contribution in [0, 0.1) is 12.8 Å². The fourth-order valence-electron chi connectivity index (χ4n) is 2.07. The Labute approximate surface area is 115 Å². The number of hydrogen-bond acceptors (Lipinski definition) is 5. The predicted molar refractivity (Wildman–Crippen MR) is 79.4 cm³/mol. The third kappa shape index (κ3) is 4.06. The molecule has 1 aliphatic rings. The number of nitrogens with two attached hydrogens (primary N) is 1. The van der Waals surface area contributed by atoms with Crippen LogP contribution in [-0.2, 0) is 0 Å². The van der Waals surface area contributed by atoms with Crippen molar-refractivity contribution < 1.29 is 0 Å². The molecule has 1 aliphatic carbocycles. The lowest BCUT2D eigenvalue weighted by Gasteiger charge is -2.27. The van der Waals surface area contributed by atoms with Gasteiger partial charge in [0.25, 0.3) is 0 Å². The molecule has 0 bridgehead atoms. The van der Waals surface area contributed by atoms with Crippen LogP contribution in [0.25, 0.3) is 0 Å². The summed E-state index contributed by atoms with van der Waals surface area (Å²) >= 11 is 0. The first kappa shape index (κ1) is 14.1. The number of aromatic nitrogens is 2. The Morgan fingerprint density at radius 2 is 2.00 bits per heavy atom. The van der Waals surface area contributed by atoms with Gasteiger partial charge in [-0.15, -0.1) is 0 Å². The van der Waals surface area contributed by atoms with Crippen molar-refractivity contribution in [2.45, 2.75) is 45.6 Å². The van der Waals surface area contributed by atoms with Gasteiger partial charge in [0, 0.05) is 24.7 Å². The van der Waals surface area contributed by atoms with Crippen LogP contribution >= 0.6 is 0 Å². The Kier molecular flexibility index (Phi) is 4.24. The van der Waals surface area contributed by atoms with Crippen molar-refractivity contribution >= 4 is 11.6 Å². The van der Waals surface area contributed by atoms with Gasteiger partial charge in [-0.3, -0.25) is 0 Å². The Hall–Kier alpha value is -1.36. The molecule has 0 aromatic carbocycles. The lowest BCUT2D eigenvalue weighted by molar-refractivity contribution is 0.333. The van der Waals surface area contributed by atoms with Crippen LogP contribution < -0.4 is 16.4 Å². The number of anilines is 2. The molecule has 0 amide bonds. The van der Waals surface area contributed by atoms with Gasteiger partial charge in [-0.2, -0.15) is 0 Å². The van der Waals surface area contributed by atoms with Crippen LogP contribution in [0.2, 0.25) is 0 Å². The zero-order valence-corrected chi connectivity index (χ0v) is 12.2. The fourth-order valence-corrected chi connectivity index (χ4v) is 2.07. The van der Waals surface area contributed by atoms with E-state index in [0.29, 0.717) is 6.54 Å². The van der Waals surface area contributed by atoms with Gasteiger partial charge in [0.2, 0.25) is 0 Å². The van der Waals surface area contributed by atoms with Crippen molar-refractivity contribution in [2.24, 2.45) is 11.7 Å². The molecule has 0 atom stereocenters. The zero-order chi connectivity index (χ0) is 13.9. The first-order valence-electron chi connectivity index (χ1n) is 7.06. The van der Waals surface area contributed by atoms with Gasteiger partial charge in [0.05, 0.1) is 0 Å². The fraction of sp³-hybridized carbons (Fsp3) is 0.714. The number of nitrogens with zero attached hydrogens (tertiary/aromatic N) is 2. The minimum absolute atomic E-state index is 0.161. The van der Waals surface area contributed by atoms with E-state index in [1.165, 1.54) is 19.3 Å². The van der Waals surface area contributed by atoms with Gasteiger partial charge < -0.3 is 16.4 Å². The Morgan fingerprint density at radius 3 is 2.58 bits per heavy atom. The van der Waals surface area contributed by atoms with Crippen LogP contribution in [0.1, 0.15) is 38.9 Å². The van der Waals surface area contributed by atoms with E-state index in [1.54, 1.807) is 0 Å². The molecule has 5 heteroatoms. The molecule has 1 heterocycles. The van der Waals surface area contributed by atoms with E-state index in [2.05, 4.69) is 34.4 Å². The summed E-state index contributed by atoms with van der Waals surface area (Å²) in [5, 5.41) is 6.76. The van der Waals surface area contributed by atoms with Gasteiger partial charge in [0.15, 0.2) is 0 Å². The summed E-state index contributed by atoms with van der Waals surface area (Å²) < 4.78 is 0. The van der Waals surface area contributed by atoms with E-state index in [1.807, 2.05) is 13.0 Å². The zero-order valence-electron chi connectivity index (χ0n) is 12.2. The number of hydrogen-bond donors (Lipinski definition) is 3. The maximum atomic E-state index is 5.73. The van der Waals surface area contributed by atoms with Crippen LogP contribution in [-0.4, -0.2) is 28.6 Å². The van der Waals surface area contributed by atoms with E-state index >= 15 is 0 Å². The molecule has 19 heavy (non-hydrogen) atoms. The second-order valence-electron chi connectivity index (χ2n) is 6.08. The summed E-state index contributed by atoms with van der Waals surface area (Å²) in [5.41, 5.74) is 5.57. The quantitative estimate of drug-likeness (QED) is 0.733. The SMILES string of the molecule is Cc1nc(NCC2CCC2)cc(NC(C)(C)CN)n1. The molecule has 0 saturated heterocycles. The molecule has 0 aliphatic heterocycles. The highest BCUT2D eigenvalue weighted by molar-refractivity contribution is 5.48. The van der Waals surface area contributed by atoms with Crippen LogP contribution in [0.3, 0.4) is 0 Å². The second kappa shape index (κ2) is 5.74. The molecule has 1 fully saturated rings. The van der Waals surface area contributed by atoms with Gasteiger partial charge in [-0.25, -0.2) is 9.97 Å². The third-order valence-corrected chi connectivity index (χ3v) is 3.61. The molecule has 0 radical (unpaired) electrons. The average molecular weight is 263 g/mol. The highest BCUT2D eigenvalue weighted by atomic mass is 15.1. The lowest BCUT2D eigenvalue weighted by Crippen LogP contribution is -2.39. The smallest absolute Gasteiger partial charge is 0.132 e. The van der Waals surface area contributed by atoms with Crippen molar-refractivity contribution in [3.05, 3.63) is 11.9 Å². The van der Waals surface area contributed by atoms with E-state index in [9.17, 15) is 0 Å². The molecule has 106 valence electrons. The topological polar surface area (TPSA) is 75.9 Å². The normalized spacial score (nSPS) is 16.0. The van der Waals surface area contributed by atoms with Crippen LogP contribution in [0.4, 0.5) is 11.6 Å². The standard InChI is InChI=1S/C14H25N5/c1-10-17-12(16-8-11-5-4-6-11)7-13(18-10)19-14(2,3)9-15/h7,11H,4-6,8-9,15H2,1-3H3,(H2,16,17,18,19). The number of nitrogens with one attached hydrogen (secondary N) is 2. The molecule has 2 rings (SSSR count). The largest absolute Gasteiger partial charge is 0.370 e. The summed E-state index contributed by atoms with van der Waals surface area (Å²) in [4.78, 5) is 8.84. The Balaban J connectivity index is 2.01. The first-order valence-corrected chi connectivity index (χ1v) is 7.06. The highest BCUT2D eigenvalue weighted by Crippen LogP contribution is 2.26. The first-order chi connectivity index (χ1) is 8.98. The number of rotatable bonds is 6. The molecule has 0 unspecified atom stereocenters. The van der Waals surface area contributed by atoms with Crippen molar-refractivity contribution in [3.63, 3.8) is 0 Å². The molecule has 4 N–H and O–H groups in total. The molecular formula is C14H25N5. The maximum absolute atomic E-state index is 5.73. The summed E-state index contributed by atoms with van der Waals surface area (Å²) in [7, 11) is 0. The van der Waals surface area contributed by atoms with Gasteiger partial charge in [-0.05, 0) is 39.5 Å². The van der Waals surface area contributed by atoms with Crippen molar-refractivity contribution in [3.8, 4) is 0 Å². The summed E-state index contributed by atoms with van der Waals surface area (Å²) in [6.45, 7) is 7.60. The van der Waals surface area contributed by atoms with Crippen LogP contribution in [0.5, 0.6) is 0 Å². The third-order valence-electron chi connectivity index (χ3n) is 3.61. The summed E-state index contributed by atoms with van der Waals surface area (Å²) in [6.07, 6.45) is 4.04. The minimum Gasteiger partial charge on any atom is -0.370 e. The summed E-state index contributed by atoms with van der Waals surface area (Å²) in [6, 6.07) is 1.96. The molecule has 5 nitrogen and oxygen atoms in total. The predicted octanol–water partition coefficient (Wildman–Crippen LogP) is 2.15. The van der Waals surface area contributed by atoms with Crippen LogP contribution in [0.15, 0.2) is 6.07 Å². The van der Waals surface area contributed by atoms with Gasteiger partial charge >= 0.3 is 0 Å². The van der Waals surface area contributed by atoms with E-state index in [-0.39, 0.29) is 5.54 Å².